The Hall–Kier alpha value is -0.780. The average Bonchev–Trinajstić information content (AvgIpc) is 2.93. The fourth-order valence-electron chi connectivity index (χ4n) is 2.95. The first-order valence-corrected chi connectivity index (χ1v) is 8.07. The van der Waals surface area contributed by atoms with Gasteiger partial charge in [-0.1, -0.05) is 23.2 Å². The maximum Gasteiger partial charge on any atom is 0.256 e. The Balaban J connectivity index is 1.68. The lowest BCUT2D eigenvalue weighted by atomic mass is 9.77. The molecule has 1 N–H and O–H groups in total. The minimum absolute atomic E-state index is 0.0456. The summed E-state index contributed by atoms with van der Waals surface area (Å²) in [4.78, 5) is 25.6. The second kappa shape index (κ2) is 5.20. The van der Waals surface area contributed by atoms with Gasteiger partial charge in [0.05, 0.1) is 9.90 Å². The first-order valence-electron chi connectivity index (χ1n) is 6.50. The number of carbonyl (C=O) groups excluding carboxylic acids is 2. The first-order chi connectivity index (χ1) is 9.49. The lowest BCUT2D eigenvalue weighted by Gasteiger charge is -2.38. The number of amides is 2. The maximum absolute atomic E-state index is 12.4. The molecular weight excluding hydrogens is 319 g/mol. The van der Waals surface area contributed by atoms with Gasteiger partial charge in [-0.15, -0.1) is 11.3 Å². The van der Waals surface area contributed by atoms with E-state index in [0.29, 0.717) is 33.7 Å². The Morgan fingerprint density at radius 1 is 1.35 bits per heavy atom. The van der Waals surface area contributed by atoms with Crippen LogP contribution in [0.5, 0.6) is 0 Å². The van der Waals surface area contributed by atoms with Crippen molar-refractivity contribution in [3.63, 3.8) is 0 Å². The van der Waals surface area contributed by atoms with Crippen molar-refractivity contribution in [2.75, 3.05) is 19.6 Å². The third-order valence-corrected chi connectivity index (χ3v) is 5.68. The van der Waals surface area contributed by atoms with Crippen LogP contribution in [0.2, 0.25) is 8.67 Å². The molecule has 0 unspecified atom stereocenters. The summed E-state index contributed by atoms with van der Waals surface area (Å²) in [7, 11) is 0. The molecule has 2 aliphatic rings. The van der Waals surface area contributed by atoms with Gasteiger partial charge >= 0.3 is 0 Å². The van der Waals surface area contributed by atoms with Gasteiger partial charge in [-0.25, -0.2) is 0 Å². The van der Waals surface area contributed by atoms with Crippen molar-refractivity contribution in [3.8, 4) is 0 Å². The van der Waals surface area contributed by atoms with E-state index in [-0.39, 0.29) is 17.2 Å². The normalized spacial score (nSPS) is 21.3. The summed E-state index contributed by atoms with van der Waals surface area (Å²) >= 11 is 13.1. The SMILES string of the molecule is O=C1CC2(CCN(C(=O)c3cc(Cl)sc3Cl)CC2)CN1. The van der Waals surface area contributed by atoms with Gasteiger partial charge in [0.15, 0.2) is 0 Å². The number of piperidine rings is 1. The fourth-order valence-corrected chi connectivity index (χ4v) is 4.39. The first kappa shape index (κ1) is 14.2. The van der Waals surface area contributed by atoms with Crippen molar-refractivity contribution in [1.82, 2.24) is 10.2 Å². The number of nitrogens with zero attached hydrogens (tertiary/aromatic N) is 1. The van der Waals surface area contributed by atoms with E-state index in [4.69, 9.17) is 23.2 Å². The van der Waals surface area contributed by atoms with Gasteiger partial charge in [0.25, 0.3) is 5.91 Å². The lowest BCUT2D eigenvalue weighted by Crippen LogP contribution is -2.44. The van der Waals surface area contributed by atoms with E-state index in [0.717, 1.165) is 19.4 Å². The van der Waals surface area contributed by atoms with Crippen molar-refractivity contribution < 1.29 is 9.59 Å². The number of carbonyl (C=O) groups is 2. The molecule has 20 heavy (non-hydrogen) atoms. The highest BCUT2D eigenvalue weighted by Crippen LogP contribution is 2.39. The number of halogens is 2. The van der Waals surface area contributed by atoms with Gasteiger partial charge in [0.2, 0.25) is 5.91 Å². The van der Waals surface area contributed by atoms with Crippen LogP contribution in [0.4, 0.5) is 0 Å². The monoisotopic (exact) mass is 332 g/mol. The number of hydrogen-bond acceptors (Lipinski definition) is 3. The Bertz CT molecular complexity index is 565. The van der Waals surface area contributed by atoms with Crippen molar-refractivity contribution in [2.45, 2.75) is 19.3 Å². The second-order valence-electron chi connectivity index (χ2n) is 5.48. The van der Waals surface area contributed by atoms with E-state index in [9.17, 15) is 9.59 Å². The van der Waals surface area contributed by atoms with E-state index in [1.54, 1.807) is 11.0 Å². The van der Waals surface area contributed by atoms with Crippen molar-refractivity contribution >= 4 is 46.4 Å². The minimum Gasteiger partial charge on any atom is -0.356 e. The van der Waals surface area contributed by atoms with Crippen LogP contribution in [0, 0.1) is 5.41 Å². The van der Waals surface area contributed by atoms with E-state index in [1.165, 1.54) is 11.3 Å². The number of rotatable bonds is 1. The Morgan fingerprint density at radius 2 is 2.05 bits per heavy atom. The van der Waals surface area contributed by atoms with Crippen LogP contribution in [0.15, 0.2) is 6.07 Å². The molecule has 0 radical (unpaired) electrons. The highest BCUT2D eigenvalue weighted by Gasteiger charge is 2.41. The summed E-state index contributed by atoms with van der Waals surface area (Å²) in [5.41, 5.74) is 0.530. The molecule has 2 saturated heterocycles. The molecule has 2 amide bonds. The Labute approximate surface area is 131 Å². The van der Waals surface area contributed by atoms with Gasteiger partial charge in [-0.05, 0) is 24.3 Å². The van der Waals surface area contributed by atoms with Crippen LogP contribution in [-0.2, 0) is 4.79 Å². The van der Waals surface area contributed by atoms with Crippen LogP contribution in [-0.4, -0.2) is 36.3 Å². The number of nitrogens with one attached hydrogen (secondary N) is 1. The molecule has 0 saturated carbocycles. The maximum atomic E-state index is 12.4. The van der Waals surface area contributed by atoms with Crippen LogP contribution in [0.1, 0.15) is 29.6 Å². The molecule has 108 valence electrons. The number of hydrogen-bond donors (Lipinski definition) is 1. The van der Waals surface area contributed by atoms with Crippen molar-refractivity contribution in [3.05, 3.63) is 20.3 Å². The van der Waals surface area contributed by atoms with Gasteiger partial charge in [0, 0.05) is 26.1 Å². The number of likely N-dealkylation sites (tertiary alicyclic amines) is 1. The van der Waals surface area contributed by atoms with Gasteiger partial charge in [0.1, 0.15) is 4.34 Å². The summed E-state index contributed by atoms with van der Waals surface area (Å²) in [5.74, 6) is 0.0581. The molecule has 0 atom stereocenters. The van der Waals surface area contributed by atoms with E-state index in [1.807, 2.05) is 0 Å². The van der Waals surface area contributed by atoms with E-state index >= 15 is 0 Å². The molecule has 0 aromatic carbocycles. The highest BCUT2D eigenvalue weighted by atomic mass is 35.5. The smallest absolute Gasteiger partial charge is 0.256 e. The zero-order valence-electron chi connectivity index (χ0n) is 10.7. The predicted molar refractivity (Wildman–Crippen MR) is 79.5 cm³/mol. The van der Waals surface area contributed by atoms with Gasteiger partial charge in [-0.3, -0.25) is 9.59 Å². The molecule has 0 aliphatic carbocycles. The third-order valence-electron chi connectivity index (χ3n) is 4.19. The van der Waals surface area contributed by atoms with Crippen LogP contribution >= 0.6 is 34.5 Å². The van der Waals surface area contributed by atoms with E-state index in [2.05, 4.69) is 5.32 Å². The molecule has 2 aliphatic heterocycles. The predicted octanol–water partition coefficient (Wildman–Crippen LogP) is 2.80. The number of thiophene rings is 1. The standard InChI is InChI=1S/C13H14Cl2N2O2S/c14-9-5-8(11(15)20-9)12(19)17-3-1-13(2-4-17)6-10(18)16-7-13/h5H,1-4,6-7H2,(H,16,18). The average molecular weight is 333 g/mol. The Morgan fingerprint density at radius 3 is 2.55 bits per heavy atom. The van der Waals surface area contributed by atoms with Crippen molar-refractivity contribution in [2.24, 2.45) is 5.41 Å². The van der Waals surface area contributed by atoms with Crippen molar-refractivity contribution in [1.29, 1.82) is 0 Å². The topological polar surface area (TPSA) is 49.4 Å². The molecule has 1 aromatic heterocycles. The summed E-state index contributed by atoms with van der Waals surface area (Å²) < 4.78 is 0.968. The van der Waals surface area contributed by atoms with Crippen LogP contribution < -0.4 is 5.32 Å². The quantitative estimate of drug-likeness (QED) is 0.859. The minimum atomic E-state index is -0.0646. The molecule has 3 heterocycles. The third kappa shape index (κ3) is 2.54. The molecular formula is C13H14Cl2N2O2S. The second-order valence-corrected chi connectivity index (χ2v) is 7.77. The summed E-state index contributed by atoms with van der Waals surface area (Å²) in [6.45, 7) is 2.06. The summed E-state index contributed by atoms with van der Waals surface area (Å²) in [6.07, 6.45) is 2.29. The Kier molecular flexibility index (Phi) is 3.69. The zero-order valence-corrected chi connectivity index (χ0v) is 13.1. The van der Waals surface area contributed by atoms with Crippen LogP contribution in [0.25, 0.3) is 0 Å². The molecule has 3 rings (SSSR count). The van der Waals surface area contributed by atoms with Gasteiger partial charge in [-0.2, -0.15) is 0 Å². The molecule has 0 bridgehead atoms. The molecule has 4 nitrogen and oxygen atoms in total. The molecule has 2 fully saturated rings. The summed E-state index contributed by atoms with van der Waals surface area (Å²) in [6, 6.07) is 1.63. The highest BCUT2D eigenvalue weighted by molar-refractivity contribution is 7.20. The zero-order chi connectivity index (χ0) is 14.3. The summed E-state index contributed by atoms with van der Waals surface area (Å²) in [5, 5.41) is 2.89. The fraction of sp³-hybridized carbons (Fsp3) is 0.538. The van der Waals surface area contributed by atoms with E-state index < -0.39 is 0 Å². The molecule has 1 aromatic rings. The largest absolute Gasteiger partial charge is 0.356 e. The van der Waals surface area contributed by atoms with Crippen LogP contribution in [0.3, 0.4) is 0 Å². The lowest BCUT2D eigenvalue weighted by molar-refractivity contribution is -0.119. The van der Waals surface area contributed by atoms with Gasteiger partial charge < -0.3 is 10.2 Å². The molecule has 7 heteroatoms. The molecule has 1 spiro atoms.